The predicted molar refractivity (Wildman–Crippen MR) is 84.6 cm³/mol. The minimum Gasteiger partial charge on any atom is -0.467 e. The van der Waals surface area contributed by atoms with Gasteiger partial charge in [-0.1, -0.05) is 18.2 Å². The van der Waals surface area contributed by atoms with Gasteiger partial charge in [0.15, 0.2) is 0 Å². The fourth-order valence-corrected chi connectivity index (χ4v) is 2.40. The first-order chi connectivity index (χ1) is 11.2. The van der Waals surface area contributed by atoms with Gasteiger partial charge in [-0.2, -0.15) is 0 Å². The van der Waals surface area contributed by atoms with E-state index in [2.05, 4.69) is 4.98 Å². The number of pyridine rings is 1. The van der Waals surface area contributed by atoms with Crippen LogP contribution in [0.3, 0.4) is 0 Å². The van der Waals surface area contributed by atoms with Crippen molar-refractivity contribution in [1.82, 2.24) is 4.98 Å². The van der Waals surface area contributed by atoms with Gasteiger partial charge in [0.05, 0.1) is 17.9 Å². The number of benzene rings is 1. The summed E-state index contributed by atoms with van der Waals surface area (Å²) in [6, 6.07) is 14.2. The molecule has 1 atom stereocenters. The third-order valence-corrected chi connectivity index (χ3v) is 3.56. The second-order valence-electron chi connectivity index (χ2n) is 5.03. The van der Waals surface area contributed by atoms with Crippen LogP contribution in [-0.2, 0) is 0 Å². The molecule has 0 aliphatic carbocycles. The van der Waals surface area contributed by atoms with Crippen LogP contribution in [0.5, 0.6) is 0 Å². The lowest BCUT2D eigenvalue weighted by atomic mass is 10.1. The Hall–Kier alpha value is -2.95. The third kappa shape index (κ3) is 2.99. The lowest BCUT2D eigenvalue weighted by Crippen LogP contribution is -2.34. The number of hydrogen-bond acceptors (Lipinski definition) is 3. The molecule has 3 rings (SSSR count). The summed E-state index contributed by atoms with van der Waals surface area (Å²) in [5.41, 5.74) is -0.00319. The first-order valence-corrected chi connectivity index (χ1v) is 7.21. The fraction of sp³-hybridized carbons (Fsp3) is 0.111. The molecule has 0 bridgehead atoms. The first kappa shape index (κ1) is 15.0. The topological polar surface area (TPSA) is 46.3 Å². The van der Waals surface area contributed by atoms with E-state index < -0.39 is 17.8 Å². The second kappa shape index (κ2) is 6.44. The van der Waals surface area contributed by atoms with Gasteiger partial charge >= 0.3 is 0 Å². The van der Waals surface area contributed by atoms with E-state index in [1.807, 2.05) is 6.92 Å². The van der Waals surface area contributed by atoms with E-state index in [4.69, 9.17) is 4.42 Å². The quantitative estimate of drug-likeness (QED) is 0.724. The number of rotatable bonds is 4. The van der Waals surface area contributed by atoms with Crippen molar-refractivity contribution in [3.63, 3.8) is 0 Å². The van der Waals surface area contributed by atoms with E-state index >= 15 is 0 Å². The van der Waals surface area contributed by atoms with E-state index in [0.29, 0.717) is 11.6 Å². The van der Waals surface area contributed by atoms with Crippen molar-refractivity contribution in [2.45, 2.75) is 13.0 Å². The van der Waals surface area contributed by atoms with Gasteiger partial charge in [0, 0.05) is 6.20 Å². The highest BCUT2D eigenvalue weighted by atomic mass is 19.1. The van der Waals surface area contributed by atoms with E-state index in [9.17, 15) is 9.18 Å². The third-order valence-electron chi connectivity index (χ3n) is 3.56. The number of carbonyl (C=O) groups is 1. The zero-order valence-corrected chi connectivity index (χ0v) is 12.5. The van der Waals surface area contributed by atoms with Crippen molar-refractivity contribution in [2.75, 3.05) is 4.90 Å². The summed E-state index contributed by atoms with van der Waals surface area (Å²) in [6.07, 6.45) is 3.13. The van der Waals surface area contributed by atoms with Gasteiger partial charge in [-0.3, -0.25) is 9.69 Å². The van der Waals surface area contributed by atoms with Crippen molar-refractivity contribution in [3.8, 4) is 0 Å². The lowest BCUT2D eigenvalue weighted by Gasteiger charge is -2.27. The van der Waals surface area contributed by atoms with Crippen LogP contribution in [0.25, 0.3) is 0 Å². The van der Waals surface area contributed by atoms with Crippen molar-refractivity contribution in [1.29, 1.82) is 0 Å². The molecule has 2 heterocycles. The van der Waals surface area contributed by atoms with Crippen molar-refractivity contribution >= 4 is 11.7 Å². The van der Waals surface area contributed by atoms with Gasteiger partial charge in [0.1, 0.15) is 17.4 Å². The summed E-state index contributed by atoms with van der Waals surface area (Å²) in [5, 5.41) is 0. The van der Waals surface area contributed by atoms with Crippen LogP contribution in [0.2, 0.25) is 0 Å². The summed E-state index contributed by atoms with van der Waals surface area (Å²) in [7, 11) is 0. The van der Waals surface area contributed by atoms with Gasteiger partial charge < -0.3 is 4.42 Å². The van der Waals surface area contributed by atoms with Crippen LogP contribution in [0.15, 0.2) is 71.5 Å². The Balaban J connectivity index is 2.05. The predicted octanol–water partition coefficient (Wildman–Crippen LogP) is 4.22. The summed E-state index contributed by atoms with van der Waals surface area (Å²) >= 11 is 0. The van der Waals surface area contributed by atoms with Crippen LogP contribution in [0, 0.1) is 5.82 Å². The maximum absolute atomic E-state index is 14.0. The van der Waals surface area contributed by atoms with Gasteiger partial charge in [-0.05, 0) is 43.3 Å². The standard InChI is InChI=1S/C18H15FN2O2/c1-13(16-9-6-12-23-16)21(17-10-4-5-11-20-17)18(22)14-7-2-3-8-15(14)19/h2-13H,1H3/t13-/m0/s1. The van der Waals surface area contributed by atoms with Gasteiger partial charge in [-0.15, -0.1) is 0 Å². The normalized spacial score (nSPS) is 11.9. The molecular formula is C18H15FN2O2. The fourth-order valence-electron chi connectivity index (χ4n) is 2.40. The average Bonchev–Trinajstić information content (AvgIpc) is 3.11. The number of nitrogens with zero attached hydrogens (tertiary/aromatic N) is 2. The highest BCUT2D eigenvalue weighted by Crippen LogP contribution is 2.28. The molecule has 0 spiro atoms. The second-order valence-corrected chi connectivity index (χ2v) is 5.03. The van der Waals surface area contributed by atoms with Crippen molar-refractivity contribution < 1.29 is 13.6 Å². The molecule has 2 aromatic heterocycles. The lowest BCUT2D eigenvalue weighted by molar-refractivity contribution is 0.0970. The smallest absolute Gasteiger partial charge is 0.263 e. The molecule has 4 nitrogen and oxygen atoms in total. The number of hydrogen-bond donors (Lipinski definition) is 0. The number of halogens is 1. The molecule has 0 saturated heterocycles. The molecule has 1 aromatic carbocycles. The zero-order chi connectivity index (χ0) is 16.2. The molecule has 23 heavy (non-hydrogen) atoms. The Kier molecular flexibility index (Phi) is 4.19. The monoisotopic (exact) mass is 310 g/mol. The van der Waals surface area contributed by atoms with E-state index in [0.717, 1.165) is 0 Å². The Morgan fingerprint density at radius 2 is 1.91 bits per heavy atom. The first-order valence-electron chi connectivity index (χ1n) is 7.21. The Morgan fingerprint density at radius 3 is 2.57 bits per heavy atom. The molecule has 0 saturated carbocycles. The van der Waals surface area contributed by atoms with Crippen LogP contribution in [0.4, 0.5) is 10.2 Å². The molecule has 0 N–H and O–H groups in total. The van der Waals surface area contributed by atoms with Crippen molar-refractivity contribution in [2.24, 2.45) is 0 Å². The van der Waals surface area contributed by atoms with Gasteiger partial charge in [-0.25, -0.2) is 9.37 Å². The Morgan fingerprint density at radius 1 is 1.13 bits per heavy atom. The summed E-state index contributed by atoms with van der Waals surface area (Å²) in [6.45, 7) is 1.81. The van der Waals surface area contributed by atoms with Gasteiger partial charge in [0.25, 0.3) is 5.91 Å². The molecule has 0 radical (unpaired) electrons. The highest BCUT2D eigenvalue weighted by molar-refractivity contribution is 6.06. The van der Waals surface area contributed by atoms with E-state index in [1.54, 1.807) is 48.7 Å². The maximum atomic E-state index is 14.0. The minimum atomic E-state index is -0.565. The number of amides is 1. The molecule has 1 amide bonds. The molecular weight excluding hydrogens is 295 g/mol. The number of anilines is 1. The SMILES string of the molecule is C[C@@H](c1ccco1)N(C(=O)c1ccccc1F)c1ccccn1. The highest BCUT2D eigenvalue weighted by Gasteiger charge is 2.28. The van der Waals surface area contributed by atoms with E-state index in [-0.39, 0.29) is 5.56 Å². The van der Waals surface area contributed by atoms with Crippen molar-refractivity contribution in [3.05, 3.63) is 84.2 Å². The average molecular weight is 310 g/mol. The molecule has 116 valence electrons. The maximum Gasteiger partial charge on any atom is 0.263 e. The zero-order valence-electron chi connectivity index (χ0n) is 12.5. The minimum absolute atomic E-state index is 0.00319. The largest absolute Gasteiger partial charge is 0.467 e. The van der Waals surface area contributed by atoms with E-state index in [1.165, 1.54) is 23.3 Å². The van der Waals surface area contributed by atoms with Crippen LogP contribution in [-0.4, -0.2) is 10.9 Å². The summed E-state index contributed by atoms with van der Waals surface area (Å²) < 4.78 is 19.4. The number of carbonyl (C=O) groups excluding carboxylic acids is 1. The molecule has 0 aliphatic heterocycles. The van der Waals surface area contributed by atoms with Crippen LogP contribution in [0.1, 0.15) is 29.1 Å². The van der Waals surface area contributed by atoms with Gasteiger partial charge in [0.2, 0.25) is 0 Å². The molecule has 0 unspecified atom stereocenters. The van der Waals surface area contributed by atoms with Crippen LogP contribution < -0.4 is 4.90 Å². The molecule has 5 heteroatoms. The summed E-state index contributed by atoms with van der Waals surface area (Å²) in [4.78, 5) is 18.6. The number of furan rings is 1. The Labute approximate surface area is 133 Å². The molecule has 3 aromatic rings. The number of aromatic nitrogens is 1. The Bertz CT molecular complexity index is 788. The molecule has 0 fully saturated rings. The van der Waals surface area contributed by atoms with Crippen LogP contribution >= 0.6 is 0 Å². The summed E-state index contributed by atoms with van der Waals surface area (Å²) in [5.74, 6) is 0.000714. The molecule has 0 aliphatic rings.